The number of carboxylic acid groups (broad SMARTS) is 1. The Morgan fingerprint density at radius 2 is 1.96 bits per heavy atom. The Labute approximate surface area is 150 Å². The van der Waals surface area contributed by atoms with Crippen LogP contribution in [-0.2, 0) is 14.3 Å². The van der Waals surface area contributed by atoms with Crippen molar-refractivity contribution in [2.75, 3.05) is 7.11 Å². The van der Waals surface area contributed by atoms with Gasteiger partial charge in [0.2, 0.25) is 0 Å². The van der Waals surface area contributed by atoms with Crippen LogP contribution in [0.25, 0.3) is 0 Å². The van der Waals surface area contributed by atoms with Crippen molar-refractivity contribution in [2.24, 2.45) is 39.9 Å². The van der Waals surface area contributed by atoms with Crippen LogP contribution < -0.4 is 0 Å². The molecule has 138 valence electrons. The molecule has 4 nitrogen and oxygen atoms in total. The number of ether oxygens (including phenoxy) is 1. The summed E-state index contributed by atoms with van der Waals surface area (Å²) in [6.45, 7) is 8.53. The molecule has 1 spiro atoms. The lowest BCUT2D eigenvalue weighted by Crippen LogP contribution is -2.51. The van der Waals surface area contributed by atoms with Crippen molar-refractivity contribution >= 4 is 11.9 Å². The van der Waals surface area contributed by atoms with Crippen molar-refractivity contribution in [3.05, 3.63) is 12.2 Å². The predicted octanol–water partition coefficient (Wildman–Crippen LogP) is 4.05. The van der Waals surface area contributed by atoms with Crippen LogP contribution in [-0.4, -0.2) is 24.2 Å². The number of hydrogen-bond donors (Lipinski definition) is 1. The highest BCUT2D eigenvalue weighted by atomic mass is 16.5. The molecule has 4 aliphatic rings. The van der Waals surface area contributed by atoms with Crippen molar-refractivity contribution in [2.45, 2.75) is 58.8 Å². The maximum absolute atomic E-state index is 12.8. The van der Waals surface area contributed by atoms with Crippen LogP contribution in [0, 0.1) is 39.9 Å². The van der Waals surface area contributed by atoms with Gasteiger partial charge in [0, 0.05) is 0 Å². The zero-order valence-corrected chi connectivity index (χ0v) is 15.6. The van der Waals surface area contributed by atoms with Crippen LogP contribution >= 0.6 is 0 Å². The summed E-state index contributed by atoms with van der Waals surface area (Å²) in [5, 5.41) is 10.3. The zero-order valence-electron chi connectivity index (χ0n) is 15.6. The minimum atomic E-state index is -0.717. The Bertz CT molecular complexity index is 654. The number of esters is 1. The van der Waals surface area contributed by atoms with E-state index in [1.165, 1.54) is 12.7 Å². The summed E-state index contributed by atoms with van der Waals surface area (Å²) in [6.07, 6.45) is 6.74. The topological polar surface area (TPSA) is 63.6 Å². The molecule has 2 bridgehead atoms. The van der Waals surface area contributed by atoms with Crippen LogP contribution in [0.5, 0.6) is 0 Å². The Morgan fingerprint density at radius 3 is 2.60 bits per heavy atom. The molecular weight excluding hydrogens is 316 g/mol. The monoisotopic (exact) mass is 346 g/mol. The number of carbonyl (C=O) groups excluding carboxylic acids is 1. The lowest BCUT2D eigenvalue weighted by molar-refractivity contribution is -0.169. The van der Waals surface area contributed by atoms with E-state index in [-0.39, 0.29) is 22.7 Å². The van der Waals surface area contributed by atoms with Crippen molar-refractivity contribution in [3.8, 4) is 0 Å². The molecule has 7 atom stereocenters. The largest absolute Gasteiger partial charge is 0.481 e. The lowest BCUT2D eigenvalue weighted by Gasteiger charge is -2.50. The number of methoxy groups -OCH3 is 1. The van der Waals surface area contributed by atoms with Crippen LogP contribution in [0.4, 0.5) is 0 Å². The van der Waals surface area contributed by atoms with Crippen molar-refractivity contribution in [1.82, 2.24) is 0 Å². The fraction of sp³-hybridized carbons (Fsp3) is 0.810. The second-order valence-electron chi connectivity index (χ2n) is 9.66. The molecule has 4 rings (SSSR count). The first kappa shape index (κ1) is 17.1. The quantitative estimate of drug-likeness (QED) is 0.605. The maximum atomic E-state index is 12.8. The van der Waals surface area contributed by atoms with Gasteiger partial charge in [-0.25, -0.2) is 0 Å². The number of allylic oxidation sites excluding steroid dienone is 1. The Morgan fingerprint density at radius 1 is 1.24 bits per heavy atom. The van der Waals surface area contributed by atoms with Gasteiger partial charge in [0.25, 0.3) is 0 Å². The fourth-order valence-electron chi connectivity index (χ4n) is 8.11. The number of fused-ring (bicyclic) bond motifs is 3. The third-order valence-electron chi connectivity index (χ3n) is 8.73. The highest BCUT2D eigenvalue weighted by Gasteiger charge is 2.75. The molecule has 0 heterocycles. The van der Waals surface area contributed by atoms with Gasteiger partial charge in [0.15, 0.2) is 0 Å². The van der Waals surface area contributed by atoms with E-state index >= 15 is 0 Å². The standard InChI is InChI=1S/C21H30O4/c1-12-10-21-11-13(12)6-7-14(21)19(2)8-5-9-20(3,18(24)25-4)16(19)15(21)17(22)23/h13-16H,1,5-11H2,2-4H3,(H,22,23)/t13-,14+,15-,16+,19+,20-,21+/m1/s1. The van der Waals surface area contributed by atoms with E-state index in [9.17, 15) is 14.7 Å². The molecule has 4 saturated carbocycles. The molecule has 0 aromatic carbocycles. The Kier molecular flexibility index (Phi) is 3.50. The van der Waals surface area contributed by atoms with E-state index in [0.717, 1.165) is 44.9 Å². The van der Waals surface area contributed by atoms with Gasteiger partial charge in [-0.1, -0.05) is 25.5 Å². The van der Waals surface area contributed by atoms with E-state index in [1.807, 2.05) is 6.92 Å². The fourth-order valence-corrected chi connectivity index (χ4v) is 8.11. The molecule has 0 amide bonds. The molecule has 0 aromatic rings. The predicted molar refractivity (Wildman–Crippen MR) is 93.7 cm³/mol. The minimum absolute atomic E-state index is 0.0974. The number of rotatable bonds is 2. The number of carboxylic acids is 1. The third-order valence-corrected chi connectivity index (χ3v) is 8.73. The number of hydrogen-bond acceptors (Lipinski definition) is 3. The molecule has 25 heavy (non-hydrogen) atoms. The Hall–Kier alpha value is -1.32. The summed E-state index contributed by atoms with van der Waals surface area (Å²) in [7, 11) is 1.43. The van der Waals surface area contributed by atoms with Crippen LogP contribution in [0.2, 0.25) is 0 Å². The molecular formula is C21H30O4. The van der Waals surface area contributed by atoms with Gasteiger partial charge >= 0.3 is 11.9 Å². The number of aliphatic carboxylic acids is 1. The molecule has 4 fully saturated rings. The van der Waals surface area contributed by atoms with Crippen LogP contribution in [0.15, 0.2) is 12.2 Å². The second-order valence-corrected chi connectivity index (χ2v) is 9.66. The molecule has 0 aromatic heterocycles. The first-order chi connectivity index (χ1) is 11.7. The normalized spacial score (nSPS) is 50.9. The average Bonchev–Trinajstić information content (AvgIpc) is 2.94. The third kappa shape index (κ3) is 1.89. The highest BCUT2D eigenvalue weighted by Crippen LogP contribution is 2.77. The lowest BCUT2D eigenvalue weighted by atomic mass is 9.53. The molecule has 0 aliphatic heterocycles. The minimum Gasteiger partial charge on any atom is -0.481 e. The summed E-state index contributed by atoms with van der Waals surface area (Å²) < 4.78 is 5.18. The summed E-state index contributed by atoms with van der Waals surface area (Å²) in [6, 6.07) is 0. The van der Waals surface area contributed by atoms with Crippen LogP contribution in [0.1, 0.15) is 58.8 Å². The summed E-state index contributed by atoms with van der Waals surface area (Å²) in [5.41, 5.74) is 0.247. The smallest absolute Gasteiger partial charge is 0.311 e. The van der Waals surface area contributed by atoms with Gasteiger partial charge < -0.3 is 9.84 Å². The number of carbonyl (C=O) groups is 2. The summed E-state index contributed by atoms with van der Waals surface area (Å²) in [5.74, 6) is -0.691. The highest BCUT2D eigenvalue weighted by molar-refractivity contribution is 5.80. The molecule has 0 radical (unpaired) electrons. The molecule has 4 heteroatoms. The molecule has 4 aliphatic carbocycles. The molecule has 0 unspecified atom stereocenters. The Balaban J connectivity index is 1.91. The SMILES string of the molecule is C=C1C[C@]23C[C@H]1CC[C@H]2[C@]1(C)CCC[C@@](C)(C(=O)OC)[C@H]1[C@@H]3C(=O)O. The van der Waals surface area contributed by atoms with Gasteiger partial charge in [0.05, 0.1) is 18.4 Å². The van der Waals surface area contributed by atoms with E-state index in [0.29, 0.717) is 11.8 Å². The van der Waals surface area contributed by atoms with Gasteiger partial charge in [-0.05, 0) is 74.0 Å². The molecule has 0 saturated heterocycles. The van der Waals surface area contributed by atoms with E-state index in [4.69, 9.17) is 4.74 Å². The van der Waals surface area contributed by atoms with Crippen molar-refractivity contribution in [1.29, 1.82) is 0 Å². The van der Waals surface area contributed by atoms with E-state index in [1.54, 1.807) is 0 Å². The van der Waals surface area contributed by atoms with Gasteiger partial charge in [-0.15, -0.1) is 0 Å². The van der Waals surface area contributed by atoms with Crippen molar-refractivity contribution in [3.63, 3.8) is 0 Å². The van der Waals surface area contributed by atoms with E-state index < -0.39 is 17.3 Å². The first-order valence-corrected chi connectivity index (χ1v) is 9.69. The average molecular weight is 346 g/mol. The van der Waals surface area contributed by atoms with Crippen LogP contribution in [0.3, 0.4) is 0 Å². The van der Waals surface area contributed by atoms with E-state index in [2.05, 4.69) is 13.5 Å². The molecule has 1 N–H and O–H groups in total. The maximum Gasteiger partial charge on any atom is 0.311 e. The van der Waals surface area contributed by atoms with Gasteiger partial charge in [-0.3, -0.25) is 9.59 Å². The second kappa shape index (κ2) is 5.11. The van der Waals surface area contributed by atoms with Crippen molar-refractivity contribution < 1.29 is 19.4 Å². The van der Waals surface area contributed by atoms with Gasteiger partial charge in [-0.2, -0.15) is 0 Å². The van der Waals surface area contributed by atoms with Gasteiger partial charge in [0.1, 0.15) is 0 Å². The summed E-state index contributed by atoms with van der Waals surface area (Å²) >= 11 is 0. The zero-order chi connectivity index (χ0) is 18.2. The summed E-state index contributed by atoms with van der Waals surface area (Å²) in [4.78, 5) is 25.3. The first-order valence-electron chi connectivity index (χ1n) is 9.69.